The van der Waals surface area contributed by atoms with Crippen LogP contribution in [0.25, 0.3) is 32.3 Å². The number of unbranched alkanes of at least 4 members (excludes halogenated alkanes) is 26. The Morgan fingerprint density at radius 3 is 0.565 bits per heavy atom. The van der Waals surface area contributed by atoms with Crippen LogP contribution in [0.2, 0.25) is 0 Å². The molecular formula is C62H100OS6. The number of aliphatic hydroxyl groups is 1. The van der Waals surface area contributed by atoms with Crippen LogP contribution in [0.15, 0.2) is 65.8 Å². The molecule has 4 aromatic rings. The summed E-state index contributed by atoms with van der Waals surface area (Å²) in [6.07, 6.45) is 42.2. The number of thioether (sulfide) groups is 6. The molecule has 0 radical (unpaired) electrons. The lowest BCUT2D eigenvalue weighted by molar-refractivity contribution is 0.282. The van der Waals surface area contributed by atoms with Gasteiger partial charge in [0.05, 0.1) is 0 Å². The Morgan fingerprint density at radius 1 is 0.232 bits per heavy atom. The van der Waals surface area contributed by atoms with E-state index in [1.54, 1.807) is 0 Å². The fourth-order valence-electron chi connectivity index (χ4n) is 9.41. The maximum absolute atomic E-state index is 9.04. The SMILES string of the molecule is CCCCCCSc1cc2c3cc(SCCCCCC)c(SCCCCCC)cc3c3cc(SCCCCCCCCCCCCCCO)c(SCCCCCC)cc3c2cc1SCCCCCC. The number of hydrogen-bond donors (Lipinski definition) is 1. The molecule has 0 amide bonds. The Morgan fingerprint density at radius 2 is 0.391 bits per heavy atom. The molecular weight excluding hydrogens is 953 g/mol. The van der Waals surface area contributed by atoms with Crippen LogP contribution in [0.3, 0.4) is 0 Å². The molecule has 4 rings (SSSR count). The zero-order valence-corrected chi connectivity index (χ0v) is 49.8. The molecule has 1 nitrogen and oxygen atoms in total. The summed E-state index contributed by atoms with van der Waals surface area (Å²) in [6, 6.07) is 16.0. The highest BCUT2D eigenvalue weighted by Gasteiger charge is 2.19. The van der Waals surface area contributed by atoms with E-state index in [9.17, 15) is 0 Å². The Hall–Kier alpha value is -0.280. The van der Waals surface area contributed by atoms with Crippen LogP contribution in [0.1, 0.15) is 240 Å². The van der Waals surface area contributed by atoms with E-state index in [1.807, 2.05) is 0 Å². The fraction of sp³-hybridized carbons (Fsp3) is 0.710. The number of fused-ring (bicyclic) bond motifs is 6. The monoisotopic (exact) mass is 1050 g/mol. The standard InChI is InChI=1S/C62H100OS6/c1-6-11-16-32-39-64-57-45-51-52-46-58(65-40-33-17-12-7-2)60(67-42-35-19-14-9-4)48-54(52)56-50-62(69-44-37-30-28-26-24-22-21-23-25-27-29-31-38-63)61(68-43-36-20-15-10-5)49-55(56)53(51)47-59(57)66-41-34-18-13-8-3/h45-50,63H,6-44H2,1-5H3. The summed E-state index contributed by atoms with van der Waals surface area (Å²) >= 11 is 12.9. The average molecular weight is 1050 g/mol. The minimum atomic E-state index is 0.354. The second-order valence-electron chi connectivity index (χ2n) is 19.9. The smallest absolute Gasteiger partial charge is 0.0431 e. The molecule has 0 unspecified atom stereocenters. The van der Waals surface area contributed by atoms with Gasteiger partial charge in [0.25, 0.3) is 0 Å². The van der Waals surface area contributed by atoms with Crippen LogP contribution in [0, 0.1) is 0 Å². The van der Waals surface area contributed by atoms with Gasteiger partial charge in [-0.25, -0.2) is 0 Å². The first-order valence-electron chi connectivity index (χ1n) is 29.0. The lowest BCUT2D eigenvalue weighted by Gasteiger charge is -2.20. The molecule has 0 aliphatic carbocycles. The number of benzene rings is 4. The van der Waals surface area contributed by atoms with E-state index < -0.39 is 0 Å². The lowest BCUT2D eigenvalue weighted by Crippen LogP contribution is -1.94. The molecule has 69 heavy (non-hydrogen) atoms. The summed E-state index contributed by atoms with van der Waals surface area (Å²) in [5.74, 6) is 7.27. The minimum Gasteiger partial charge on any atom is -0.396 e. The first-order chi connectivity index (χ1) is 34.1. The van der Waals surface area contributed by atoms with Crippen molar-refractivity contribution >= 4 is 103 Å². The molecule has 0 atom stereocenters. The Labute approximate surface area is 451 Å². The quantitative estimate of drug-likeness (QED) is 0.0267. The highest BCUT2D eigenvalue weighted by Crippen LogP contribution is 2.47. The number of rotatable bonds is 45. The van der Waals surface area contributed by atoms with E-state index in [-0.39, 0.29) is 0 Å². The zero-order chi connectivity index (χ0) is 49.0. The highest BCUT2D eigenvalue weighted by atomic mass is 32.2. The number of hydrogen-bond acceptors (Lipinski definition) is 7. The van der Waals surface area contributed by atoms with Crippen LogP contribution in [-0.2, 0) is 0 Å². The van der Waals surface area contributed by atoms with Crippen LogP contribution in [-0.4, -0.2) is 46.2 Å². The van der Waals surface area contributed by atoms with Crippen molar-refractivity contribution in [2.75, 3.05) is 41.1 Å². The normalized spacial score (nSPS) is 11.9. The van der Waals surface area contributed by atoms with E-state index in [1.165, 1.54) is 295 Å². The molecule has 0 aromatic heterocycles. The molecule has 0 saturated heterocycles. The van der Waals surface area contributed by atoms with Crippen molar-refractivity contribution in [2.24, 2.45) is 0 Å². The van der Waals surface area contributed by atoms with Crippen LogP contribution < -0.4 is 0 Å². The lowest BCUT2D eigenvalue weighted by atomic mass is 9.94. The van der Waals surface area contributed by atoms with Crippen molar-refractivity contribution in [3.8, 4) is 0 Å². The molecule has 0 aliphatic heterocycles. The molecule has 390 valence electrons. The minimum absolute atomic E-state index is 0.354. The second-order valence-corrected chi connectivity index (χ2v) is 26.7. The highest BCUT2D eigenvalue weighted by molar-refractivity contribution is 8.03. The van der Waals surface area contributed by atoms with Crippen LogP contribution >= 0.6 is 70.6 Å². The maximum Gasteiger partial charge on any atom is 0.0431 e. The van der Waals surface area contributed by atoms with E-state index in [4.69, 9.17) is 5.11 Å². The average Bonchev–Trinajstić information content (AvgIpc) is 3.36. The zero-order valence-electron chi connectivity index (χ0n) is 44.9. The predicted octanol–water partition coefficient (Wildman–Crippen LogP) is 23.3. The first kappa shape index (κ1) is 61.3. The summed E-state index contributed by atoms with van der Waals surface area (Å²) in [7, 11) is 0. The molecule has 0 aliphatic rings. The van der Waals surface area contributed by atoms with E-state index in [0.717, 1.165) is 6.42 Å². The molecule has 0 fully saturated rings. The summed E-state index contributed by atoms with van der Waals surface area (Å²) < 4.78 is 0. The third-order valence-electron chi connectivity index (χ3n) is 13.7. The Bertz CT molecular complexity index is 1880. The summed E-state index contributed by atoms with van der Waals surface area (Å²) in [6.45, 7) is 12.0. The second kappa shape index (κ2) is 40.1. The van der Waals surface area contributed by atoms with Gasteiger partial charge in [0.15, 0.2) is 0 Å². The van der Waals surface area contributed by atoms with Crippen LogP contribution in [0.4, 0.5) is 0 Å². The van der Waals surface area contributed by atoms with Gasteiger partial charge in [-0.3, -0.25) is 0 Å². The topological polar surface area (TPSA) is 20.2 Å². The van der Waals surface area contributed by atoms with Crippen molar-refractivity contribution in [2.45, 2.75) is 269 Å². The number of aliphatic hydroxyl groups excluding tert-OH is 1. The fourth-order valence-corrected chi connectivity index (χ4v) is 16.3. The van der Waals surface area contributed by atoms with Crippen molar-refractivity contribution < 1.29 is 5.11 Å². The van der Waals surface area contributed by atoms with Gasteiger partial charge in [0, 0.05) is 36.0 Å². The molecule has 0 spiro atoms. The van der Waals surface area contributed by atoms with Gasteiger partial charge in [0.1, 0.15) is 0 Å². The first-order valence-corrected chi connectivity index (χ1v) is 34.9. The molecule has 0 bridgehead atoms. The molecule has 0 heterocycles. The van der Waals surface area contributed by atoms with Gasteiger partial charge in [-0.05, 0) is 148 Å². The summed E-state index contributed by atoms with van der Waals surface area (Å²) in [4.78, 5) is 9.13. The van der Waals surface area contributed by atoms with E-state index >= 15 is 0 Å². The van der Waals surface area contributed by atoms with Crippen molar-refractivity contribution in [1.29, 1.82) is 0 Å². The maximum atomic E-state index is 9.04. The van der Waals surface area contributed by atoms with Gasteiger partial charge >= 0.3 is 0 Å². The van der Waals surface area contributed by atoms with E-state index in [2.05, 4.69) is 142 Å². The van der Waals surface area contributed by atoms with Gasteiger partial charge < -0.3 is 5.11 Å². The largest absolute Gasteiger partial charge is 0.396 e. The molecule has 4 aromatic carbocycles. The Kier molecular flexibility index (Phi) is 35.6. The summed E-state index contributed by atoms with van der Waals surface area (Å²) in [5.41, 5.74) is 0. The van der Waals surface area contributed by atoms with Crippen LogP contribution in [0.5, 0.6) is 0 Å². The molecule has 0 saturated carbocycles. The van der Waals surface area contributed by atoms with Gasteiger partial charge in [-0.1, -0.05) is 195 Å². The Balaban J connectivity index is 1.77. The summed E-state index contributed by atoms with van der Waals surface area (Å²) in [5, 5.41) is 17.9. The van der Waals surface area contributed by atoms with E-state index in [0.29, 0.717) is 6.61 Å². The van der Waals surface area contributed by atoms with Gasteiger partial charge in [-0.15, -0.1) is 70.6 Å². The van der Waals surface area contributed by atoms with Crippen molar-refractivity contribution in [3.63, 3.8) is 0 Å². The third kappa shape index (κ3) is 23.9. The molecule has 1 N–H and O–H groups in total. The predicted molar refractivity (Wildman–Crippen MR) is 327 cm³/mol. The van der Waals surface area contributed by atoms with Gasteiger partial charge in [-0.2, -0.15) is 0 Å². The van der Waals surface area contributed by atoms with Crippen molar-refractivity contribution in [3.05, 3.63) is 36.4 Å². The van der Waals surface area contributed by atoms with Gasteiger partial charge in [0.2, 0.25) is 0 Å². The molecule has 7 heteroatoms. The van der Waals surface area contributed by atoms with Crippen molar-refractivity contribution in [1.82, 2.24) is 0 Å². The third-order valence-corrected chi connectivity index (χ3v) is 20.9.